The molecule has 258 valence electrons. The molecule has 48 heavy (non-hydrogen) atoms. The highest BCUT2D eigenvalue weighted by molar-refractivity contribution is 5.69. The van der Waals surface area contributed by atoms with Gasteiger partial charge in [0.05, 0.1) is 12.7 Å². The third kappa shape index (κ3) is 6.76. The second kappa shape index (κ2) is 13.4. The maximum Gasteiger partial charge on any atom is 0.410 e. The molecule has 4 atom stereocenters. The molecule has 2 N–H and O–H groups in total. The first-order chi connectivity index (χ1) is 23.1. The number of amides is 2. The van der Waals surface area contributed by atoms with Crippen LogP contribution < -0.4 is 15.4 Å². The van der Waals surface area contributed by atoms with Gasteiger partial charge in [-0.25, -0.2) is 9.59 Å². The van der Waals surface area contributed by atoms with Gasteiger partial charge >= 0.3 is 12.2 Å². The third-order valence-corrected chi connectivity index (χ3v) is 10.7. The van der Waals surface area contributed by atoms with Gasteiger partial charge in [-0.1, -0.05) is 44.2 Å². The average molecular weight is 660 g/mol. The highest BCUT2D eigenvalue weighted by Gasteiger charge is 2.45. The maximum absolute atomic E-state index is 13.3. The lowest BCUT2D eigenvalue weighted by molar-refractivity contribution is -0.00188. The van der Waals surface area contributed by atoms with Crippen molar-refractivity contribution >= 4 is 23.7 Å². The first-order valence-corrected chi connectivity index (χ1v) is 17.6. The van der Waals surface area contributed by atoms with Gasteiger partial charge in [-0.2, -0.15) is 14.6 Å². The van der Waals surface area contributed by atoms with Crippen molar-refractivity contribution < 1.29 is 23.8 Å². The Bertz CT molecular complexity index is 1590. The lowest BCUT2D eigenvalue weighted by atomic mass is 9.89. The van der Waals surface area contributed by atoms with E-state index in [1.807, 2.05) is 52.0 Å². The van der Waals surface area contributed by atoms with Crippen molar-refractivity contribution in [3.63, 3.8) is 0 Å². The number of aromatic nitrogens is 3. The predicted octanol–water partition coefficient (Wildman–Crippen LogP) is 5.43. The summed E-state index contributed by atoms with van der Waals surface area (Å²) in [6.45, 7) is 12.0. The fraction of sp³-hybridized carbons (Fsp3) is 0.611. The van der Waals surface area contributed by atoms with Crippen molar-refractivity contribution in [2.75, 3.05) is 38.0 Å². The van der Waals surface area contributed by atoms with E-state index >= 15 is 0 Å². The standard InChI is InChI=1S/C36H49N7O5/c1-23(2)29-18-38-43-30(39-32-25-10-11-26(32)20-41(19-25)34(44)48-27-13-15-37-17-27)16-31(40-33(29)43)47-28-12-14-36(3,4)42(21-28)35(45)46-22-24-8-6-5-7-9-24/h5-9,16,18,23,25-28,32,37,39H,10-15,17,19-22H2,1-4H3/t25?,26?,27?,28-,32?/m1/s1. The number of carbonyl (C=O) groups excluding carboxylic acids is 2. The molecule has 2 aromatic heterocycles. The van der Waals surface area contributed by atoms with E-state index in [1.165, 1.54) is 0 Å². The molecule has 0 spiro atoms. The summed E-state index contributed by atoms with van der Waals surface area (Å²) in [6, 6.07) is 11.9. The molecule has 3 aromatic rings. The number of ether oxygens (including phenoxy) is 3. The van der Waals surface area contributed by atoms with Crippen LogP contribution in [0.25, 0.3) is 5.65 Å². The van der Waals surface area contributed by atoms with Crippen LogP contribution in [0.15, 0.2) is 42.6 Å². The molecule has 12 heteroatoms. The summed E-state index contributed by atoms with van der Waals surface area (Å²) in [7, 11) is 0. The number of nitrogens with zero attached hydrogens (tertiary/aromatic N) is 5. The summed E-state index contributed by atoms with van der Waals surface area (Å²) in [6.07, 6.45) is 5.63. The van der Waals surface area contributed by atoms with Crippen LogP contribution in [0, 0.1) is 11.8 Å². The molecule has 1 aromatic carbocycles. The minimum Gasteiger partial charge on any atom is -0.472 e. The molecule has 12 nitrogen and oxygen atoms in total. The number of piperidine rings is 2. The molecular formula is C36H49N7O5. The Morgan fingerprint density at radius 2 is 1.79 bits per heavy atom. The van der Waals surface area contributed by atoms with Gasteiger partial charge in [0.15, 0.2) is 5.65 Å². The van der Waals surface area contributed by atoms with Crippen LogP contribution >= 0.6 is 0 Å². The lowest BCUT2D eigenvalue weighted by Gasteiger charge is -2.44. The Morgan fingerprint density at radius 3 is 2.50 bits per heavy atom. The number of hydrogen-bond donors (Lipinski definition) is 2. The van der Waals surface area contributed by atoms with E-state index in [1.54, 1.807) is 4.90 Å². The summed E-state index contributed by atoms with van der Waals surface area (Å²) in [5, 5.41) is 11.8. The first-order valence-electron chi connectivity index (χ1n) is 17.6. The van der Waals surface area contributed by atoms with Gasteiger partial charge < -0.3 is 29.7 Å². The number of rotatable bonds is 8. The van der Waals surface area contributed by atoms with Crippen molar-refractivity contribution in [2.24, 2.45) is 11.8 Å². The number of fused-ring (bicyclic) bond motifs is 3. The van der Waals surface area contributed by atoms with E-state index in [-0.39, 0.29) is 48.5 Å². The molecule has 2 bridgehead atoms. The predicted molar refractivity (Wildman–Crippen MR) is 181 cm³/mol. The van der Waals surface area contributed by atoms with Gasteiger partial charge in [0.2, 0.25) is 5.88 Å². The number of benzene rings is 1. The quantitative estimate of drug-likeness (QED) is 0.326. The summed E-state index contributed by atoms with van der Waals surface area (Å²) in [4.78, 5) is 35.0. The molecule has 0 radical (unpaired) electrons. The highest BCUT2D eigenvalue weighted by atomic mass is 16.6. The van der Waals surface area contributed by atoms with Gasteiger partial charge in [-0.05, 0) is 75.8 Å². The molecular weight excluding hydrogens is 610 g/mol. The minimum absolute atomic E-state index is 0.0354. The number of nitrogens with one attached hydrogen (secondary N) is 2. The highest BCUT2D eigenvalue weighted by Crippen LogP contribution is 2.40. The summed E-state index contributed by atoms with van der Waals surface area (Å²) in [5.41, 5.74) is 2.40. The first kappa shape index (κ1) is 32.5. The zero-order chi connectivity index (χ0) is 33.4. The fourth-order valence-corrected chi connectivity index (χ4v) is 7.83. The van der Waals surface area contributed by atoms with Crippen LogP contribution in [0.1, 0.15) is 76.8 Å². The third-order valence-electron chi connectivity index (χ3n) is 10.7. The minimum atomic E-state index is -0.359. The second-order valence-electron chi connectivity index (χ2n) is 14.9. The molecule has 1 aliphatic carbocycles. The molecule has 2 amide bonds. The van der Waals surface area contributed by atoms with Crippen molar-refractivity contribution in [3.8, 4) is 5.88 Å². The van der Waals surface area contributed by atoms with Crippen LogP contribution in [0.3, 0.4) is 0 Å². The fourth-order valence-electron chi connectivity index (χ4n) is 7.83. The maximum atomic E-state index is 13.3. The summed E-state index contributed by atoms with van der Waals surface area (Å²) in [5.74, 6) is 2.17. The van der Waals surface area contributed by atoms with E-state index in [9.17, 15) is 9.59 Å². The van der Waals surface area contributed by atoms with E-state index < -0.39 is 0 Å². The van der Waals surface area contributed by atoms with Crippen molar-refractivity contribution in [3.05, 3.63) is 53.7 Å². The number of hydrogen-bond acceptors (Lipinski definition) is 9. The van der Waals surface area contributed by atoms with E-state index in [2.05, 4.69) is 38.3 Å². The van der Waals surface area contributed by atoms with Crippen molar-refractivity contribution in [1.82, 2.24) is 29.7 Å². The summed E-state index contributed by atoms with van der Waals surface area (Å²) >= 11 is 0. The topological polar surface area (TPSA) is 123 Å². The van der Waals surface area contributed by atoms with Gasteiger partial charge in [0.1, 0.15) is 24.6 Å². The van der Waals surface area contributed by atoms with Gasteiger partial charge in [0, 0.05) is 42.8 Å². The SMILES string of the molecule is CC(C)c1cnn2c(NC3C4CCC3CN(C(=O)OC3CCNC3)C4)cc(O[C@@H]3CCC(C)(C)N(C(=O)OCc4ccccc4)C3)nc12. The van der Waals surface area contributed by atoms with Gasteiger partial charge in [0.25, 0.3) is 0 Å². The molecule has 5 heterocycles. The monoisotopic (exact) mass is 659 g/mol. The van der Waals surface area contributed by atoms with Crippen LogP contribution in [-0.2, 0) is 16.1 Å². The van der Waals surface area contributed by atoms with E-state index in [0.29, 0.717) is 37.4 Å². The molecule has 3 saturated heterocycles. The van der Waals surface area contributed by atoms with Crippen LogP contribution in [0.4, 0.5) is 15.4 Å². The van der Waals surface area contributed by atoms with Gasteiger partial charge in [-0.3, -0.25) is 4.90 Å². The summed E-state index contributed by atoms with van der Waals surface area (Å²) < 4.78 is 20.0. The molecule has 3 aliphatic heterocycles. The molecule has 3 unspecified atom stereocenters. The smallest absolute Gasteiger partial charge is 0.410 e. The molecule has 4 fully saturated rings. The van der Waals surface area contributed by atoms with Crippen LogP contribution in [-0.4, -0.2) is 93.1 Å². The Labute approximate surface area is 282 Å². The molecule has 7 rings (SSSR count). The number of carbonyl (C=O) groups is 2. The van der Waals surface area contributed by atoms with Crippen molar-refractivity contribution in [2.45, 2.75) is 96.1 Å². The van der Waals surface area contributed by atoms with Crippen molar-refractivity contribution in [1.29, 1.82) is 0 Å². The Kier molecular flexibility index (Phi) is 9.10. The van der Waals surface area contributed by atoms with Gasteiger partial charge in [-0.15, -0.1) is 0 Å². The zero-order valence-electron chi connectivity index (χ0n) is 28.6. The number of anilines is 1. The second-order valence-corrected chi connectivity index (χ2v) is 14.9. The van der Waals surface area contributed by atoms with E-state index in [4.69, 9.17) is 24.3 Å². The number of likely N-dealkylation sites (tertiary alicyclic amines) is 2. The Balaban J connectivity index is 1.07. The Morgan fingerprint density at radius 1 is 1.02 bits per heavy atom. The van der Waals surface area contributed by atoms with E-state index in [0.717, 1.165) is 67.8 Å². The molecule has 4 aliphatic rings. The molecule has 1 saturated carbocycles. The lowest BCUT2D eigenvalue weighted by Crippen LogP contribution is -2.56. The van der Waals surface area contributed by atoms with Crippen LogP contribution in [0.2, 0.25) is 0 Å². The Hall–Kier alpha value is -4.06. The average Bonchev–Trinajstić information content (AvgIpc) is 3.79. The normalized spacial score (nSPS) is 26.6. The largest absolute Gasteiger partial charge is 0.472 e. The zero-order valence-corrected chi connectivity index (χ0v) is 28.6. The van der Waals surface area contributed by atoms with Crippen LogP contribution in [0.5, 0.6) is 5.88 Å².